The highest BCUT2D eigenvalue weighted by molar-refractivity contribution is 5.71. The third-order valence-electron chi connectivity index (χ3n) is 4.24. The van der Waals surface area contributed by atoms with Crippen molar-refractivity contribution in [3.8, 4) is 0 Å². The van der Waals surface area contributed by atoms with Crippen LogP contribution < -0.4 is 17.0 Å². The lowest BCUT2D eigenvalue weighted by Gasteiger charge is -2.17. The number of rotatable bonds is 5. The second-order valence-electron chi connectivity index (χ2n) is 6.02. The molecule has 1 unspecified atom stereocenters. The first kappa shape index (κ1) is 17.6. The first-order valence-corrected chi connectivity index (χ1v) is 7.97. The lowest BCUT2D eigenvalue weighted by atomic mass is 10.1. The molecule has 138 valence electrons. The fourth-order valence-electron chi connectivity index (χ4n) is 3.12. The van der Waals surface area contributed by atoms with Crippen LogP contribution in [0.2, 0.25) is 0 Å². The van der Waals surface area contributed by atoms with Crippen LogP contribution >= 0.6 is 0 Å². The van der Waals surface area contributed by atoms with Gasteiger partial charge in [0.25, 0.3) is 5.56 Å². The van der Waals surface area contributed by atoms with Gasteiger partial charge < -0.3 is 20.7 Å². The SMILES string of the molecule is CCCn1c(=O)n([C@@H]2O[C@H](C(O)CF)C[C@H]2O)c2nc(N)[nH]c(=O)c21. The molecule has 0 radical (unpaired) electrons. The summed E-state index contributed by atoms with van der Waals surface area (Å²) in [6.07, 6.45) is -4.23. The molecule has 1 saturated heterocycles. The number of aromatic amines is 1. The lowest BCUT2D eigenvalue weighted by Crippen LogP contribution is -2.32. The summed E-state index contributed by atoms with van der Waals surface area (Å²) in [5, 5.41) is 19.9. The van der Waals surface area contributed by atoms with Crippen LogP contribution in [0.15, 0.2) is 9.59 Å². The normalized spacial score (nSPS) is 24.9. The molecule has 0 saturated carbocycles. The number of alkyl halides is 1. The highest BCUT2D eigenvalue weighted by Crippen LogP contribution is 2.31. The highest BCUT2D eigenvalue weighted by Gasteiger charge is 2.41. The summed E-state index contributed by atoms with van der Waals surface area (Å²) in [4.78, 5) is 31.4. The molecule has 0 aliphatic carbocycles. The fourth-order valence-corrected chi connectivity index (χ4v) is 3.12. The second-order valence-corrected chi connectivity index (χ2v) is 6.02. The van der Waals surface area contributed by atoms with Crippen LogP contribution in [0.25, 0.3) is 11.2 Å². The van der Waals surface area contributed by atoms with E-state index >= 15 is 0 Å². The van der Waals surface area contributed by atoms with E-state index in [0.29, 0.717) is 6.42 Å². The highest BCUT2D eigenvalue weighted by atomic mass is 19.1. The van der Waals surface area contributed by atoms with E-state index in [9.17, 15) is 24.2 Å². The van der Waals surface area contributed by atoms with Crippen molar-refractivity contribution >= 4 is 17.1 Å². The average Bonchev–Trinajstić information content (AvgIpc) is 3.05. The Morgan fingerprint density at radius 2 is 2.24 bits per heavy atom. The summed E-state index contributed by atoms with van der Waals surface area (Å²) in [6.45, 7) is 1.06. The van der Waals surface area contributed by atoms with Gasteiger partial charge in [-0.3, -0.25) is 14.3 Å². The summed E-state index contributed by atoms with van der Waals surface area (Å²) >= 11 is 0. The molecule has 0 aromatic carbocycles. The van der Waals surface area contributed by atoms with Gasteiger partial charge in [-0.25, -0.2) is 13.8 Å². The standard InChI is InChI=1S/C14H20FN5O5/c1-2-3-19-9-10(17-13(16)18-11(9)23)20(14(19)24)12-6(21)4-8(25-12)7(22)5-15/h6-8,12,21-22H,2-5H2,1H3,(H3,16,17,18,23)/t6-,7?,8+,12-/m1/s1. The topological polar surface area (TPSA) is 148 Å². The molecule has 5 N–H and O–H groups in total. The van der Waals surface area contributed by atoms with Gasteiger partial charge in [-0.2, -0.15) is 4.98 Å². The zero-order valence-electron chi connectivity index (χ0n) is 13.6. The van der Waals surface area contributed by atoms with E-state index in [-0.39, 0.29) is 30.1 Å². The van der Waals surface area contributed by atoms with E-state index in [0.717, 1.165) is 4.57 Å². The zero-order chi connectivity index (χ0) is 18.3. The van der Waals surface area contributed by atoms with Gasteiger partial charge in [-0.05, 0) is 6.42 Å². The predicted molar refractivity (Wildman–Crippen MR) is 85.8 cm³/mol. The molecule has 25 heavy (non-hydrogen) atoms. The van der Waals surface area contributed by atoms with Crippen molar-refractivity contribution in [3.63, 3.8) is 0 Å². The minimum absolute atomic E-state index is 0.0198. The summed E-state index contributed by atoms with van der Waals surface area (Å²) in [5.41, 5.74) is 4.38. The summed E-state index contributed by atoms with van der Waals surface area (Å²) in [5.74, 6) is -0.187. The molecular formula is C14H20FN5O5. The Bertz CT molecular complexity index is 890. The molecule has 1 aliphatic heterocycles. The van der Waals surface area contributed by atoms with Crippen molar-refractivity contribution < 1.29 is 19.3 Å². The molecule has 2 aromatic rings. The van der Waals surface area contributed by atoms with Gasteiger partial charge in [-0.1, -0.05) is 6.92 Å². The van der Waals surface area contributed by atoms with Gasteiger partial charge in [0.15, 0.2) is 17.4 Å². The van der Waals surface area contributed by atoms with E-state index in [1.54, 1.807) is 0 Å². The first-order valence-electron chi connectivity index (χ1n) is 7.97. The molecular weight excluding hydrogens is 337 g/mol. The Labute approximate surface area is 140 Å². The maximum absolute atomic E-state index is 12.8. The van der Waals surface area contributed by atoms with Crippen LogP contribution in [-0.4, -0.2) is 54.3 Å². The van der Waals surface area contributed by atoms with E-state index in [1.165, 1.54) is 4.57 Å². The number of anilines is 1. The van der Waals surface area contributed by atoms with Gasteiger partial charge >= 0.3 is 5.69 Å². The molecule has 4 atom stereocenters. The Morgan fingerprint density at radius 1 is 1.52 bits per heavy atom. The van der Waals surface area contributed by atoms with E-state index in [1.807, 2.05) is 6.92 Å². The maximum Gasteiger partial charge on any atom is 0.332 e. The third-order valence-corrected chi connectivity index (χ3v) is 4.24. The Kier molecular flexibility index (Phi) is 4.62. The van der Waals surface area contributed by atoms with Gasteiger partial charge in [0.05, 0.1) is 6.10 Å². The molecule has 3 heterocycles. The summed E-state index contributed by atoms with van der Waals surface area (Å²) < 4.78 is 20.4. The summed E-state index contributed by atoms with van der Waals surface area (Å²) in [6, 6.07) is 0. The molecule has 0 bridgehead atoms. The maximum atomic E-state index is 12.8. The molecule has 10 nitrogen and oxygen atoms in total. The van der Waals surface area contributed by atoms with E-state index in [2.05, 4.69) is 9.97 Å². The number of aliphatic hydroxyl groups is 2. The molecule has 2 aromatic heterocycles. The number of H-pyrrole nitrogens is 1. The van der Waals surface area contributed by atoms with Crippen LogP contribution in [0.4, 0.5) is 10.3 Å². The van der Waals surface area contributed by atoms with Gasteiger partial charge in [0, 0.05) is 13.0 Å². The Balaban J connectivity index is 2.18. The number of hydrogen-bond donors (Lipinski definition) is 4. The Hall–Kier alpha value is -2.24. The number of nitrogens with zero attached hydrogens (tertiary/aromatic N) is 3. The number of hydrogen-bond acceptors (Lipinski definition) is 7. The largest absolute Gasteiger partial charge is 0.388 e. The lowest BCUT2D eigenvalue weighted by molar-refractivity contribution is -0.0797. The molecule has 11 heteroatoms. The van der Waals surface area contributed by atoms with Crippen LogP contribution in [0, 0.1) is 0 Å². The number of nitrogens with two attached hydrogens (primary N) is 1. The van der Waals surface area contributed by atoms with E-state index < -0.39 is 42.5 Å². The van der Waals surface area contributed by atoms with Crippen molar-refractivity contribution in [1.82, 2.24) is 19.1 Å². The second kappa shape index (κ2) is 6.58. The van der Waals surface area contributed by atoms with Crippen LogP contribution in [-0.2, 0) is 11.3 Å². The van der Waals surface area contributed by atoms with Crippen LogP contribution in [0.1, 0.15) is 26.0 Å². The number of aromatic nitrogens is 4. The Morgan fingerprint density at radius 3 is 2.88 bits per heavy atom. The quantitative estimate of drug-likeness (QED) is 0.528. The average molecular weight is 357 g/mol. The molecule has 1 aliphatic rings. The number of imidazole rings is 1. The molecule has 1 fully saturated rings. The van der Waals surface area contributed by atoms with Crippen molar-refractivity contribution in [1.29, 1.82) is 0 Å². The summed E-state index contributed by atoms with van der Waals surface area (Å²) in [7, 11) is 0. The minimum Gasteiger partial charge on any atom is -0.388 e. The minimum atomic E-state index is -1.42. The van der Waals surface area contributed by atoms with E-state index in [4.69, 9.17) is 10.5 Å². The van der Waals surface area contributed by atoms with Crippen molar-refractivity contribution in [2.24, 2.45) is 0 Å². The molecule has 0 amide bonds. The van der Waals surface area contributed by atoms with Gasteiger partial charge in [-0.15, -0.1) is 0 Å². The number of nitrogens with one attached hydrogen (secondary N) is 1. The third kappa shape index (κ3) is 2.83. The van der Waals surface area contributed by atoms with Crippen molar-refractivity contribution in [2.75, 3.05) is 12.4 Å². The van der Waals surface area contributed by atoms with Crippen LogP contribution in [0.3, 0.4) is 0 Å². The zero-order valence-corrected chi connectivity index (χ0v) is 13.6. The van der Waals surface area contributed by atoms with Crippen LogP contribution in [0.5, 0.6) is 0 Å². The first-order chi connectivity index (χ1) is 11.9. The number of nitrogen functional groups attached to an aromatic ring is 1. The number of aryl methyl sites for hydroxylation is 1. The number of aliphatic hydroxyl groups excluding tert-OH is 2. The van der Waals surface area contributed by atoms with Gasteiger partial charge in [0.1, 0.15) is 18.9 Å². The number of ether oxygens (including phenoxy) is 1. The predicted octanol–water partition coefficient (Wildman–Crippen LogP) is -1.14. The fraction of sp³-hybridized carbons (Fsp3) is 0.643. The molecule has 3 rings (SSSR count). The number of fused-ring (bicyclic) bond motifs is 1. The molecule has 0 spiro atoms. The van der Waals surface area contributed by atoms with Crippen molar-refractivity contribution in [3.05, 3.63) is 20.8 Å². The van der Waals surface area contributed by atoms with Gasteiger partial charge in [0.2, 0.25) is 5.95 Å². The monoisotopic (exact) mass is 357 g/mol. The smallest absolute Gasteiger partial charge is 0.332 e. The number of halogens is 1. The van der Waals surface area contributed by atoms with Crippen molar-refractivity contribution in [2.45, 2.75) is 50.8 Å².